The molecule has 2 aromatic carbocycles. The van der Waals surface area contributed by atoms with E-state index in [2.05, 4.69) is 15.3 Å². The summed E-state index contributed by atoms with van der Waals surface area (Å²) in [4.78, 5) is 21.6. The maximum Gasteiger partial charge on any atom is 0.267 e. The van der Waals surface area contributed by atoms with E-state index < -0.39 is 11.4 Å². The Balaban J connectivity index is 2.03. The molecule has 2 aromatic heterocycles. The normalized spacial score (nSPS) is 10.5. The SMILES string of the molecule is N#Cc1ccc2nc(Nc3cccnc3)n(-c3ccccc3F)c(=O)c2c1. The molecule has 4 rings (SSSR count). The summed E-state index contributed by atoms with van der Waals surface area (Å²) in [7, 11) is 0. The summed E-state index contributed by atoms with van der Waals surface area (Å²) >= 11 is 0. The van der Waals surface area contributed by atoms with Crippen molar-refractivity contribution in [2.24, 2.45) is 0 Å². The summed E-state index contributed by atoms with van der Waals surface area (Å²) in [5.41, 5.74) is 0.911. The number of anilines is 2. The van der Waals surface area contributed by atoms with Gasteiger partial charge in [-0.05, 0) is 42.5 Å². The second kappa shape index (κ2) is 6.69. The highest BCUT2D eigenvalue weighted by atomic mass is 19.1. The lowest BCUT2D eigenvalue weighted by molar-refractivity contribution is 0.616. The van der Waals surface area contributed by atoms with Crippen LogP contribution in [0.5, 0.6) is 0 Å². The van der Waals surface area contributed by atoms with Crippen molar-refractivity contribution >= 4 is 22.5 Å². The van der Waals surface area contributed by atoms with Crippen LogP contribution < -0.4 is 10.9 Å². The molecule has 130 valence electrons. The predicted octanol–water partition coefficient (Wildman–Crippen LogP) is 3.54. The van der Waals surface area contributed by atoms with Crippen molar-refractivity contribution in [3.8, 4) is 11.8 Å². The van der Waals surface area contributed by atoms with Gasteiger partial charge < -0.3 is 5.32 Å². The molecule has 0 saturated carbocycles. The highest BCUT2D eigenvalue weighted by molar-refractivity contribution is 5.81. The molecule has 0 aliphatic heterocycles. The first-order valence-electron chi connectivity index (χ1n) is 8.06. The molecule has 7 heteroatoms. The van der Waals surface area contributed by atoms with Crippen LogP contribution in [-0.4, -0.2) is 14.5 Å². The zero-order valence-corrected chi connectivity index (χ0v) is 13.9. The molecular formula is C20H12FN5O. The summed E-state index contributed by atoms with van der Waals surface area (Å²) in [5, 5.41) is 12.4. The molecule has 0 aliphatic carbocycles. The van der Waals surface area contributed by atoms with E-state index >= 15 is 0 Å². The number of aromatic nitrogens is 3. The van der Waals surface area contributed by atoms with Gasteiger partial charge in [-0.3, -0.25) is 9.78 Å². The van der Waals surface area contributed by atoms with Gasteiger partial charge in [0, 0.05) is 6.20 Å². The van der Waals surface area contributed by atoms with Crippen molar-refractivity contribution in [3.05, 3.63) is 88.7 Å². The number of para-hydroxylation sites is 1. The molecule has 0 bridgehead atoms. The Morgan fingerprint density at radius 3 is 2.70 bits per heavy atom. The topological polar surface area (TPSA) is 83.6 Å². The van der Waals surface area contributed by atoms with Gasteiger partial charge in [-0.25, -0.2) is 13.9 Å². The van der Waals surface area contributed by atoms with Crippen LogP contribution in [0.4, 0.5) is 16.0 Å². The fourth-order valence-corrected chi connectivity index (χ4v) is 2.76. The van der Waals surface area contributed by atoms with Crippen molar-refractivity contribution in [1.82, 2.24) is 14.5 Å². The van der Waals surface area contributed by atoms with E-state index in [0.29, 0.717) is 16.8 Å². The standard InChI is InChI=1S/C20H12FN5O/c21-16-5-1-2-6-18(16)26-19(27)15-10-13(11-22)7-8-17(15)25-20(26)24-14-4-3-9-23-12-14/h1-10,12H,(H,24,25). The Morgan fingerprint density at radius 2 is 1.96 bits per heavy atom. The Morgan fingerprint density at radius 1 is 1.11 bits per heavy atom. The minimum absolute atomic E-state index is 0.0608. The van der Waals surface area contributed by atoms with Crippen LogP contribution in [0.25, 0.3) is 16.6 Å². The molecule has 1 N–H and O–H groups in total. The summed E-state index contributed by atoms with van der Waals surface area (Å²) < 4.78 is 15.6. The zero-order valence-electron chi connectivity index (χ0n) is 13.9. The summed E-state index contributed by atoms with van der Waals surface area (Å²) in [6.07, 6.45) is 3.19. The zero-order chi connectivity index (χ0) is 18.8. The van der Waals surface area contributed by atoms with Crippen molar-refractivity contribution in [3.63, 3.8) is 0 Å². The lowest BCUT2D eigenvalue weighted by Gasteiger charge is -2.15. The number of benzene rings is 2. The summed E-state index contributed by atoms with van der Waals surface area (Å²) in [6.45, 7) is 0. The molecule has 27 heavy (non-hydrogen) atoms. The Hall–Kier alpha value is -4.05. The van der Waals surface area contributed by atoms with Gasteiger partial charge in [0.2, 0.25) is 5.95 Å². The van der Waals surface area contributed by atoms with Crippen LogP contribution in [0.15, 0.2) is 71.8 Å². The van der Waals surface area contributed by atoms with E-state index in [1.807, 2.05) is 6.07 Å². The highest BCUT2D eigenvalue weighted by Crippen LogP contribution is 2.21. The van der Waals surface area contributed by atoms with Gasteiger partial charge in [0.1, 0.15) is 5.82 Å². The van der Waals surface area contributed by atoms with Crippen molar-refractivity contribution in [2.75, 3.05) is 5.32 Å². The number of hydrogen-bond acceptors (Lipinski definition) is 5. The maximum absolute atomic E-state index is 14.4. The monoisotopic (exact) mass is 357 g/mol. The lowest BCUT2D eigenvalue weighted by Crippen LogP contribution is -2.23. The van der Waals surface area contributed by atoms with Gasteiger partial charge in [0.25, 0.3) is 5.56 Å². The third-order valence-electron chi connectivity index (χ3n) is 4.01. The minimum Gasteiger partial charge on any atom is -0.324 e. The van der Waals surface area contributed by atoms with Gasteiger partial charge in [-0.1, -0.05) is 12.1 Å². The Bertz CT molecular complexity index is 1240. The molecule has 2 heterocycles. The fourth-order valence-electron chi connectivity index (χ4n) is 2.76. The summed E-state index contributed by atoms with van der Waals surface area (Å²) in [5.74, 6) is -0.415. The van der Waals surface area contributed by atoms with Crippen LogP contribution in [-0.2, 0) is 0 Å². The smallest absolute Gasteiger partial charge is 0.267 e. The van der Waals surface area contributed by atoms with Crippen LogP contribution in [0.3, 0.4) is 0 Å². The first-order chi connectivity index (χ1) is 13.2. The number of nitriles is 1. The Labute approximate surface area is 153 Å². The predicted molar refractivity (Wildman–Crippen MR) is 99.5 cm³/mol. The molecule has 0 unspecified atom stereocenters. The molecular weight excluding hydrogens is 345 g/mol. The van der Waals surface area contributed by atoms with Gasteiger partial charge >= 0.3 is 0 Å². The number of halogens is 1. The highest BCUT2D eigenvalue weighted by Gasteiger charge is 2.16. The van der Waals surface area contributed by atoms with Crippen molar-refractivity contribution in [2.45, 2.75) is 0 Å². The van der Waals surface area contributed by atoms with Gasteiger partial charge in [0.05, 0.1) is 40.1 Å². The minimum atomic E-state index is -0.563. The third-order valence-corrected chi connectivity index (χ3v) is 4.01. The molecule has 0 atom stereocenters. The largest absolute Gasteiger partial charge is 0.324 e. The Kier molecular flexibility index (Phi) is 4.07. The number of hydrogen-bond donors (Lipinski definition) is 1. The van der Waals surface area contributed by atoms with E-state index in [0.717, 1.165) is 4.57 Å². The van der Waals surface area contributed by atoms with Crippen LogP contribution in [0, 0.1) is 17.1 Å². The van der Waals surface area contributed by atoms with Crippen LogP contribution in [0.2, 0.25) is 0 Å². The van der Waals surface area contributed by atoms with E-state index in [1.54, 1.807) is 48.8 Å². The number of rotatable bonds is 3. The van der Waals surface area contributed by atoms with Gasteiger partial charge in [0.15, 0.2) is 0 Å². The van der Waals surface area contributed by atoms with Gasteiger partial charge in [-0.15, -0.1) is 0 Å². The number of pyridine rings is 1. The van der Waals surface area contributed by atoms with Gasteiger partial charge in [-0.2, -0.15) is 5.26 Å². The average molecular weight is 357 g/mol. The summed E-state index contributed by atoms with van der Waals surface area (Å²) in [6, 6.07) is 16.0. The third kappa shape index (κ3) is 3.00. The molecule has 0 spiro atoms. The fraction of sp³-hybridized carbons (Fsp3) is 0. The van der Waals surface area contributed by atoms with E-state index in [9.17, 15) is 9.18 Å². The molecule has 0 aliphatic rings. The second-order valence-electron chi connectivity index (χ2n) is 5.74. The molecule has 0 fully saturated rings. The maximum atomic E-state index is 14.4. The molecule has 0 saturated heterocycles. The van der Waals surface area contributed by atoms with E-state index in [1.165, 1.54) is 18.2 Å². The van der Waals surface area contributed by atoms with Crippen LogP contribution in [0.1, 0.15) is 5.56 Å². The van der Waals surface area contributed by atoms with E-state index in [4.69, 9.17) is 5.26 Å². The number of nitrogens with zero attached hydrogens (tertiary/aromatic N) is 4. The number of fused-ring (bicyclic) bond motifs is 1. The van der Waals surface area contributed by atoms with E-state index in [-0.39, 0.29) is 17.0 Å². The average Bonchev–Trinajstić information content (AvgIpc) is 2.70. The second-order valence-corrected chi connectivity index (χ2v) is 5.74. The first kappa shape index (κ1) is 16.4. The molecule has 4 aromatic rings. The van der Waals surface area contributed by atoms with Crippen molar-refractivity contribution in [1.29, 1.82) is 5.26 Å². The van der Waals surface area contributed by atoms with Crippen LogP contribution >= 0.6 is 0 Å². The molecule has 6 nitrogen and oxygen atoms in total. The number of nitrogens with one attached hydrogen (secondary N) is 1. The molecule has 0 amide bonds. The van der Waals surface area contributed by atoms with Crippen molar-refractivity contribution < 1.29 is 4.39 Å². The molecule has 0 radical (unpaired) electrons. The quantitative estimate of drug-likeness (QED) is 0.606. The lowest BCUT2D eigenvalue weighted by atomic mass is 10.1. The first-order valence-corrected chi connectivity index (χ1v) is 8.06.